The molecule has 0 spiro atoms. The summed E-state index contributed by atoms with van der Waals surface area (Å²) in [7, 11) is -3.77. The van der Waals surface area contributed by atoms with Gasteiger partial charge in [0.05, 0.1) is 16.0 Å². The molecule has 1 heterocycles. The zero-order chi connectivity index (χ0) is 19.4. The molecule has 2 aromatic rings. The molecule has 1 fully saturated rings. The molecule has 27 heavy (non-hydrogen) atoms. The van der Waals surface area contributed by atoms with Crippen molar-refractivity contribution >= 4 is 27.6 Å². The van der Waals surface area contributed by atoms with Crippen LogP contribution in [0, 0.1) is 15.9 Å². The highest BCUT2D eigenvalue weighted by Gasteiger charge is 2.29. The number of nitrogens with zero attached hydrogens (tertiary/aromatic N) is 3. The topological polar surface area (TPSA) is 105 Å². The first kappa shape index (κ1) is 18.9. The van der Waals surface area contributed by atoms with Gasteiger partial charge in [-0.25, -0.2) is 12.8 Å². The lowest BCUT2D eigenvalue weighted by Gasteiger charge is -2.15. The van der Waals surface area contributed by atoms with E-state index in [1.54, 1.807) is 6.07 Å². The van der Waals surface area contributed by atoms with Crippen LogP contribution in [0.25, 0.3) is 0 Å². The number of sulfonamides is 1. The van der Waals surface area contributed by atoms with E-state index in [1.807, 2.05) is 0 Å². The maximum absolute atomic E-state index is 13.6. The van der Waals surface area contributed by atoms with Crippen molar-refractivity contribution in [2.75, 3.05) is 18.5 Å². The highest BCUT2D eigenvalue weighted by atomic mass is 32.2. The summed E-state index contributed by atoms with van der Waals surface area (Å²) in [6, 6.07) is 9.51. The number of anilines is 1. The Bertz CT molecular complexity index is 988. The van der Waals surface area contributed by atoms with Crippen LogP contribution in [0.3, 0.4) is 0 Å². The molecule has 10 heteroatoms. The van der Waals surface area contributed by atoms with Crippen molar-refractivity contribution < 1.29 is 17.7 Å². The van der Waals surface area contributed by atoms with Crippen LogP contribution in [0.4, 0.5) is 15.8 Å². The summed E-state index contributed by atoms with van der Waals surface area (Å²) in [5.41, 5.74) is 2.26. The minimum atomic E-state index is -3.77. The smallest absolute Gasteiger partial charge is 0.272 e. The van der Waals surface area contributed by atoms with E-state index >= 15 is 0 Å². The number of benzene rings is 2. The summed E-state index contributed by atoms with van der Waals surface area (Å²) < 4.78 is 40.0. The van der Waals surface area contributed by atoms with Gasteiger partial charge in [0.15, 0.2) is 0 Å². The van der Waals surface area contributed by atoms with Crippen molar-refractivity contribution in [2.24, 2.45) is 5.10 Å². The van der Waals surface area contributed by atoms with Gasteiger partial charge in [-0.05, 0) is 31.0 Å². The van der Waals surface area contributed by atoms with Crippen molar-refractivity contribution in [3.8, 4) is 0 Å². The highest BCUT2D eigenvalue weighted by Crippen LogP contribution is 2.30. The van der Waals surface area contributed by atoms with Gasteiger partial charge in [0, 0.05) is 24.7 Å². The first-order valence-electron chi connectivity index (χ1n) is 8.22. The molecule has 1 N–H and O–H groups in total. The summed E-state index contributed by atoms with van der Waals surface area (Å²) in [5, 5.41) is 15.2. The van der Waals surface area contributed by atoms with Gasteiger partial charge < -0.3 is 0 Å². The number of rotatable bonds is 6. The van der Waals surface area contributed by atoms with Crippen molar-refractivity contribution in [2.45, 2.75) is 17.7 Å². The number of nitro groups is 1. The predicted octanol–water partition coefficient (Wildman–Crippen LogP) is 2.96. The van der Waals surface area contributed by atoms with E-state index in [0.29, 0.717) is 13.1 Å². The summed E-state index contributed by atoms with van der Waals surface area (Å²) >= 11 is 0. The van der Waals surface area contributed by atoms with Gasteiger partial charge in [0.25, 0.3) is 5.69 Å². The largest absolute Gasteiger partial charge is 0.295 e. The Balaban J connectivity index is 1.86. The van der Waals surface area contributed by atoms with E-state index in [0.717, 1.165) is 18.9 Å². The Hall–Kier alpha value is -2.85. The molecule has 0 aliphatic carbocycles. The lowest BCUT2D eigenvalue weighted by molar-refractivity contribution is -0.384. The maximum atomic E-state index is 13.6. The molecular formula is C17H17FN4O4S. The lowest BCUT2D eigenvalue weighted by atomic mass is 10.2. The standard InChI is InChI=1S/C17H17FN4O4S/c18-15-6-2-1-5-13(15)12-19-20-16-8-7-14(11-17(16)22(23)24)27(25,26)21-9-3-4-10-21/h1-2,5-8,11-12,20H,3-4,9-10H2/b19-12-. The molecule has 1 saturated heterocycles. The minimum absolute atomic E-state index is 0.00737. The third kappa shape index (κ3) is 4.12. The molecule has 142 valence electrons. The van der Waals surface area contributed by atoms with E-state index in [9.17, 15) is 22.9 Å². The average Bonchev–Trinajstić information content (AvgIpc) is 3.19. The third-order valence-electron chi connectivity index (χ3n) is 4.16. The fourth-order valence-corrected chi connectivity index (χ4v) is 4.28. The Morgan fingerprint density at radius 1 is 1.19 bits per heavy atom. The van der Waals surface area contributed by atoms with Crippen LogP contribution in [0.1, 0.15) is 18.4 Å². The quantitative estimate of drug-likeness (QED) is 0.462. The number of hydrazone groups is 1. The summed E-state index contributed by atoms with van der Waals surface area (Å²) in [5.74, 6) is -0.482. The Labute approximate surface area is 155 Å². The molecule has 0 atom stereocenters. The number of nitrogens with one attached hydrogen (secondary N) is 1. The highest BCUT2D eigenvalue weighted by molar-refractivity contribution is 7.89. The van der Waals surface area contributed by atoms with E-state index in [2.05, 4.69) is 10.5 Å². The predicted molar refractivity (Wildman–Crippen MR) is 98.7 cm³/mol. The lowest BCUT2D eigenvalue weighted by Crippen LogP contribution is -2.27. The first-order valence-corrected chi connectivity index (χ1v) is 9.66. The summed E-state index contributed by atoms with van der Waals surface area (Å²) in [6.07, 6.45) is 2.73. The molecule has 0 saturated carbocycles. The van der Waals surface area contributed by atoms with E-state index < -0.39 is 26.5 Å². The van der Waals surface area contributed by atoms with Gasteiger partial charge in [-0.2, -0.15) is 9.41 Å². The van der Waals surface area contributed by atoms with Crippen LogP contribution in [0.15, 0.2) is 52.5 Å². The van der Waals surface area contributed by atoms with E-state index in [4.69, 9.17) is 0 Å². The van der Waals surface area contributed by atoms with Gasteiger partial charge in [0.2, 0.25) is 10.0 Å². The summed E-state index contributed by atoms with van der Waals surface area (Å²) in [6.45, 7) is 0.812. The molecule has 2 aromatic carbocycles. The van der Waals surface area contributed by atoms with Crippen molar-refractivity contribution in [1.29, 1.82) is 0 Å². The molecule has 0 bridgehead atoms. The average molecular weight is 392 g/mol. The van der Waals surface area contributed by atoms with Gasteiger partial charge in [-0.15, -0.1) is 0 Å². The zero-order valence-electron chi connectivity index (χ0n) is 14.2. The van der Waals surface area contributed by atoms with Crippen molar-refractivity contribution in [1.82, 2.24) is 4.31 Å². The minimum Gasteiger partial charge on any atom is -0.272 e. The van der Waals surface area contributed by atoms with Crippen LogP contribution >= 0.6 is 0 Å². The van der Waals surface area contributed by atoms with Gasteiger partial charge >= 0.3 is 0 Å². The molecule has 0 amide bonds. The fraction of sp³-hybridized carbons (Fsp3) is 0.235. The maximum Gasteiger partial charge on any atom is 0.295 e. The normalized spacial score (nSPS) is 15.3. The molecule has 3 rings (SSSR count). The van der Waals surface area contributed by atoms with Crippen LogP contribution in [-0.4, -0.2) is 37.0 Å². The second-order valence-electron chi connectivity index (χ2n) is 5.94. The van der Waals surface area contributed by atoms with Crippen LogP contribution in [0.2, 0.25) is 0 Å². The monoisotopic (exact) mass is 392 g/mol. The number of hydrogen-bond acceptors (Lipinski definition) is 6. The van der Waals surface area contributed by atoms with Gasteiger partial charge in [-0.3, -0.25) is 15.5 Å². The van der Waals surface area contributed by atoms with Crippen LogP contribution in [0.5, 0.6) is 0 Å². The van der Waals surface area contributed by atoms with E-state index in [-0.39, 0.29) is 16.1 Å². The Morgan fingerprint density at radius 3 is 2.56 bits per heavy atom. The molecule has 0 unspecified atom stereocenters. The van der Waals surface area contributed by atoms with Crippen molar-refractivity contribution in [3.63, 3.8) is 0 Å². The Kier molecular flexibility index (Phi) is 5.47. The fourth-order valence-electron chi connectivity index (χ4n) is 2.75. The first-order chi connectivity index (χ1) is 12.9. The Morgan fingerprint density at radius 2 is 1.89 bits per heavy atom. The van der Waals surface area contributed by atoms with Crippen LogP contribution < -0.4 is 5.43 Å². The number of nitro benzene ring substituents is 1. The summed E-state index contributed by atoms with van der Waals surface area (Å²) in [4.78, 5) is 10.5. The molecule has 0 radical (unpaired) electrons. The third-order valence-corrected chi connectivity index (χ3v) is 6.06. The van der Waals surface area contributed by atoms with Gasteiger partial charge in [0.1, 0.15) is 11.5 Å². The van der Waals surface area contributed by atoms with Gasteiger partial charge in [-0.1, -0.05) is 18.2 Å². The van der Waals surface area contributed by atoms with Crippen LogP contribution in [-0.2, 0) is 10.0 Å². The van der Waals surface area contributed by atoms with Crippen molar-refractivity contribution in [3.05, 3.63) is 64.0 Å². The molecule has 1 aliphatic heterocycles. The molecule has 0 aromatic heterocycles. The van der Waals surface area contributed by atoms with E-state index in [1.165, 1.54) is 40.9 Å². The molecule has 8 nitrogen and oxygen atoms in total. The molecule has 1 aliphatic rings. The molecular weight excluding hydrogens is 375 g/mol. The zero-order valence-corrected chi connectivity index (χ0v) is 15.0. The second kappa shape index (κ2) is 7.80. The second-order valence-corrected chi connectivity index (χ2v) is 7.88. The number of halogens is 1. The number of hydrogen-bond donors (Lipinski definition) is 1. The SMILES string of the molecule is O=[N+]([O-])c1cc(S(=O)(=O)N2CCCC2)ccc1N/N=C\c1ccccc1F.